The Hall–Kier alpha value is -0.980. The van der Waals surface area contributed by atoms with Crippen molar-refractivity contribution in [1.29, 1.82) is 0 Å². The van der Waals surface area contributed by atoms with Crippen LogP contribution in [0.25, 0.3) is 0 Å². The maximum Gasteiger partial charge on any atom is 0.0376 e. The second-order valence-corrected chi connectivity index (χ2v) is 5.30. The van der Waals surface area contributed by atoms with Gasteiger partial charge >= 0.3 is 0 Å². The molecule has 88 valence electrons. The number of anilines is 1. The predicted molar refractivity (Wildman–Crippen MR) is 70.9 cm³/mol. The van der Waals surface area contributed by atoms with Crippen molar-refractivity contribution in [3.63, 3.8) is 0 Å². The van der Waals surface area contributed by atoms with Gasteiger partial charge in [-0.05, 0) is 61.8 Å². The monoisotopic (exact) mass is 217 g/mol. The third-order valence-electron chi connectivity index (χ3n) is 4.10. The van der Waals surface area contributed by atoms with E-state index in [0.29, 0.717) is 0 Å². The molecule has 0 radical (unpaired) electrons. The van der Waals surface area contributed by atoms with E-state index in [1.165, 1.54) is 48.8 Å². The van der Waals surface area contributed by atoms with Crippen molar-refractivity contribution >= 4 is 5.69 Å². The van der Waals surface area contributed by atoms with Gasteiger partial charge in [0.2, 0.25) is 0 Å². The zero-order valence-electron chi connectivity index (χ0n) is 10.8. The Morgan fingerprint density at radius 2 is 1.62 bits per heavy atom. The molecular weight excluding hydrogens is 194 g/mol. The Morgan fingerprint density at radius 1 is 1.00 bits per heavy atom. The van der Waals surface area contributed by atoms with Gasteiger partial charge in [0, 0.05) is 5.69 Å². The summed E-state index contributed by atoms with van der Waals surface area (Å²) >= 11 is 0. The van der Waals surface area contributed by atoms with Crippen LogP contribution >= 0.6 is 0 Å². The van der Waals surface area contributed by atoms with Crippen LogP contribution in [0.3, 0.4) is 0 Å². The van der Waals surface area contributed by atoms with Gasteiger partial charge in [-0.2, -0.15) is 0 Å². The zero-order valence-corrected chi connectivity index (χ0v) is 10.8. The van der Waals surface area contributed by atoms with Crippen molar-refractivity contribution in [3.05, 3.63) is 28.3 Å². The highest BCUT2D eigenvalue weighted by molar-refractivity contribution is 5.59. The highest BCUT2D eigenvalue weighted by Gasteiger charge is 2.20. The quantitative estimate of drug-likeness (QED) is 0.699. The fraction of sp³-hybridized carbons (Fsp3) is 0.600. The summed E-state index contributed by atoms with van der Waals surface area (Å²) in [4.78, 5) is 0. The fourth-order valence-electron chi connectivity index (χ4n) is 3.24. The summed E-state index contributed by atoms with van der Waals surface area (Å²) in [7, 11) is 0. The van der Waals surface area contributed by atoms with Crippen molar-refractivity contribution in [2.45, 2.75) is 58.8 Å². The molecule has 2 N–H and O–H groups in total. The van der Waals surface area contributed by atoms with Crippen LogP contribution in [-0.4, -0.2) is 0 Å². The molecule has 0 spiro atoms. The SMILES string of the molecule is Cc1cc(C)c(C2CCCCC2)c(C)c1N. The summed E-state index contributed by atoms with van der Waals surface area (Å²) in [6.45, 7) is 6.54. The lowest BCUT2D eigenvalue weighted by Gasteiger charge is -2.26. The Morgan fingerprint density at radius 3 is 2.25 bits per heavy atom. The van der Waals surface area contributed by atoms with Crippen molar-refractivity contribution in [2.75, 3.05) is 5.73 Å². The summed E-state index contributed by atoms with van der Waals surface area (Å²) in [6.07, 6.45) is 6.89. The van der Waals surface area contributed by atoms with E-state index in [9.17, 15) is 0 Å². The van der Waals surface area contributed by atoms with Gasteiger partial charge < -0.3 is 5.73 Å². The number of benzene rings is 1. The number of nitrogen functional groups attached to an aromatic ring is 1. The molecule has 16 heavy (non-hydrogen) atoms. The molecule has 0 atom stereocenters. The summed E-state index contributed by atoms with van der Waals surface area (Å²) in [6, 6.07) is 2.26. The Kier molecular flexibility index (Phi) is 3.22. The molecule has 0 aliphatic heterocycles. The van der Waals surface area contributed by atoms with E-state index < -0.39 is 0 Å². The maximum atomic E-state index is 6.16. The molecule has 0 amide bonds. The molecule has 0 heterocycles. The fourth-order valence-corrected chi connectivity index (χ4v) is 3.24. The number of hydrogen-bond donors (Lipinski definition) is 1. The number of nitrogens with two attached hydrogens (primary N) is 1. The molecule has 1 saturated carbocycles. The molecule has 1 fully saturated rings. The Bertz CT molecular complexity index is 387. The third-order valence-corrected chi connectivity index (χ3v) is 4.10. The lowest BCUT2D eigenvalue weighted by atomic mass is 9.79. The van der Waals surface area contributed by atoms with E-state index >= 15 is 0 Å². The molecule has 0 aromatic heterocycles. The molecular formula is C15H23N. The van der Waals surface area contributed by atoms with Crippen LogP contribution < -0.4 is 5.73 Å². The van der Waals surface area contributed by atoms with Crippen LogP contribution in [0.1, 0.15) is 60.3 Å². The lowest BCUT2D eigenvalue weighted by Crippen LogP contribution is -2.10. The van der Waals surface area contributed by atoms with Crippen molar-refractivity contribution in [3.8, 4) is 0 Å². The zero-order chi connectivity index (χ0) is 11.7. The minimum Gasteiger partial charge on any atom is -0.398 e. The number of aryl methyl sites for hydroxylation is 2. The van der Waals surface area contributed by atoms with Crippen LogP contribution in [0.4, 0.5) is 5.69 Å². The first kappa shape index (κ1) is 11.5. The summed E-state index contributed by atoms with van der Waals surface area (Å²) < 4.78 is 0. The van der Waals surface area contributed by atoms with Crippen LogP contribution in [0.2, 0.25) is 0 Å². The average molecular weight is 217 g/mol. The first-order chi connectivity index (χ1) is 7.61. The predicted octanol–water partition coefficient (Wildman–Crippen LogP) is 4.24. The molecule has 0 saturated heterocycles. The summed E-state index contributed by atoms with van der Waals surface area (Å²) in [5.41, 5.74) is 12.7. The largest absolute Gasteiger partial charge is 0.398 e. The van der Waals surface area contributed by atoms with Crippen LogP contribution in [0.15, 0.2) is 6.07 Å². The van der Waals surface area contributed by atoms with Crippen molar-refractivity contribution < 1.29 is 0 Å². The molecule has 1 aliphatic rings. The lowest BCUT2D eigenvalue weighted by molar-refractivity contribution is 0.441. The summed E-state index contributed by atoms with van der Waals surface area (Å²) in [5, 5.41) is 0. The van der Waals surface area contributed by atoms with Gasteiger partial charge in [0.25, 0.3) is 0 Å². The van der Waals surface area contributed by atoms with Gasteiger partial charge in [0.1, 0.15) is 0 Å². The van der Waals surface area contributed by atoms with Crippen molar-refractivity contribution in [2.24, 2.45) is 0 Å². The van der Waals surface area contributed by atoms with Gasteiger partial charge in [0.15, 0.2) is 0 Å². The van der Waals surface area contributed by atoms with Gasteiger partial charge in [-0.3, -0.25) is 0 Å². The van der Waals surface area contributed by atoms with Gasteiger partial charge in [0.05, 0.1) is 0 Å². The van der Waals surface area contributed by atoms with E-state index in [0.717, 1.165) is 11.6 Å². The third kappa shape index (κ3) is 1.95. The Balaban J connectivity index is 2.42. The highest BCUT2D eigenvalue weighted by atomic mass is 14.6. The van der Waals surface area contributed by atoms with E-state index in [2.05, 4.69) is 26.8 Å². The average Bonchev–Trinajstić information content (AvgIpc) is 2.28. The molecule has 1 aromatic carbocycles. The molecule has 0 unspecified atom stereocenters. The summed E-state index contributed by atoms with van der Waals surface area (Å²) in [5.74, 6) is 0.761. The van der Waals surface area contributed by atoms with Gasteiger partial charge in [-0.25, -0.2) is 0 Å². The smallest absolute Gasteiger partial charge is 0.0376 e. The molecule has 1 aromatic rings. The van der Waals surface area contributed by atoms with E-state index in [-0.39, 0.29) is 0 Å². The van der Waals surface area contributed by atoms with Gasteiger partial charge in [-0.15, -0.1) is 0 Å². The van der Waals surface area contributed by atoms with E-state index in [1.807, 2.05) is 0 Å². The molecule has 0 bridgehead atoms. The molecule has 1 heteroatoms. The van der Waals surface area contributed by atoms with Crippen LogP contribution in [0.5, 0.6) is 0 Å². The van der Waals surface area contributed by atoms with E-state index in [4.69, 9.17) is 5.73 Å². The topological polar surface area (TPSA) is 26.0 Å². The number of hydrogen-bond acceptors (Lipinski definition) is 1. The first-order valence-electron chi connectivity index (χ1n) is 6.47. The first-order valence-corrected chi connectivity index (χ1v) is 6.47. The normalized spacial score (nSPS) is 17.7. The van der Waals surface area contributed by atoms with E-state index in [1.54, 1.807) is 5.56 Å². The minimum atomic E-state index is 0.761. The van der Waals surface area contributed by atoms with Crippen molar-refractivity contribution in [1.82, 2.24) is 0 Å². The standard InChI is InChI=1S/C15H23N/c1-10-9-11(2)15(16)12(3)14(10)13-7-5-4-6-8-13/h9,13H,4-8,16H2,1-3H3. The molecule has 2 rings (SSSR count). The molecule has 1 aliphatic carbocycles. The minimum absolute atomic E-state index is 0.761. The molecule has 1 nitrogen and oxygen atoms in total. The second kappa shape index (κ2) is 4.48. The number of rotatable bonds is 1. The maximum absolute atomic E-state index is 6.16. The van der Waals surface area contributed by atoms with Crippen LogP contribution in [0, 0.1) is 20.8 Å². The Labute approximate surface area is 99.0 Å². The highest BCUT2D eigenvalue weighted by Crippen LogP contribution is 2.38. The van der Waals surface area contributed by atoms with Crippen LogP contribution in [-0.2, 0) is 0 Å². The van der Waals surface area contributed by atoms with Gasteiger partial charge in [-0.1, -0.05) is 25.3 Å². The second-order valence-electron chi connectivity index (χ2n) is 5.30.